The molecule has 1 fully saturated rings. The van der Waals surface area contributed by atoms with E-state index in [2.05, 4.69) is 15.6 Å². The molecule has 0 saturated carbocycles. The van der Waals surface area contributed by atoms with Gasteiger partial charge in [-0.2, -0.15) is 0 Å². The smallest absolute Gasteiger partial charge is 0.313 e. The molecule has 2 aromatic rings. The zero-order valence-electron chi connectivity index (χ0n) is 12.6. The number of hydrogen-bond acceptors (Lipinski definition) is 3. The number of H-pyrrole nitrogens is 1. The average molecular weight is 314 g/mol. The predicted octanol–water partition coefficient (Wildman–Crippen LogP) is 0.845. The third kappa shape index (κ3) is 3.50. The van der Waals surface area contributed by atoms with Crippen LogP contribution in [0.2, 0.25) is 0 Å². The van der Waals surface area contributed by atoms with Crippen LogP contribution in [0.5, 0.6) is 0 Å². The third-order valence-electron chi connectivity index (χ3n) is 3.88. The molecule has 1 aromatic heterocycles. The first-order valence-corrected chi connectivity index (χ1v) is 7.57. The number of aromatic nitrogens is 1. The van der Waals surface area contributed by atoms with E-state index in [1.807, 2.05) is 12.1 Å². The van der Waals surface area contributed by atoms with Crippen molar-refractivity contribution >= 4 is 34.3 Å². The maximum absolute atomic E-state index is 11.9. The van der Waals surface area contributed by atoms with Crippen molar-refractivity contribution in [1.29, 1.82) is 0 Å². The Hall–Kier alpha value is -2.83. The lowest BCUT2D eigenvalue weighted by atomic mass is 10.2. The highest BCUT2D eigenvalue weighted by molar-refractivity contribution is 6.39. The van der Waals surface area contributed by atoms with Gasteiger partial charge in [0, 0.05) is 30.5 Å². The number of nitrogens with zero attached hydrogens (tertiary/aromatic N) is 1. The summed E-state index contributed by atoms with van der Waals surface area (Å²) in [4.78, 5) is 40.2. The number of carbonyl (C=O) groups excluding carboxylic acids is 3. The maximum atomic E-state index is 11.9. The highest BCUT2D eigenvalue weighted by atomic mass is 16.2. The molecule has 3 amide bonds. The van der Waals surface area contributed by atoms with Gasteiger partial charge in [0.25, 0.3) is 0 Å². The number of rotatable bonds is 3. The summed E-state index contributed by atoms with van der Waals surface area (Å²) >= 11 is 0. The Morgan fingerprint density at radius 2 is 1.87 bits per heavy atom. The first-order chi connectivity index (χ1) is 11.1. The summed E-state index contributed by atoms with van der Waals surface area (Å²) in [6, 6.07) is 7.22. The molecule has 2 heterocycles. The van der Waals surface area contributed by atoms with Crippen LogP contribution in [-0.4, -0.2) is 47.2 Å². The van der Waals surface area contributed by atoms with Crippen molar-refractivity contribution in [3.05, 3.63) is 30.5 Å². The lowest BCUT2D eigenvalue weighted by Gasteiger charge is -2.15. The zero-order chi connectivity index (χ0) is 16.2. The molecule has 0 bridgehead atoms. The summed E-state index contributed by atoms with van der Waals surface area (Å²) in [5, 5.41) is 5.90. The Bertz CT molecular complexity index is 747. The number of likely N-dealkylation sites (tertiary alicyclic amines) is 1. The zero-order valence-corrected chi connectivity index (χ0v) is 12.6. The summed E-state index contributed by atoms with van der Waals surface area (Å²) < 4.78 is 0. The van der Waals surface area contributed by atoms with Crippen LogP contribution in [0, 0.1) is 0 Å². The fraction of sp³-hybridized carbons (Fsp3) is 0.312. The normalized spacial score (nSPS) is 14.0. The highest BCUT2D eigenvalue weighted by Crippen LogP contribution is 2.17. The van der Waals surface area contributed by atoms with Crippen molar-refractivity contribution in [2.24, 2.45) is 0 Å². The monoisotopic (exact) mass is 314 g/mol. The molecule has 23 heavy (non-hydrogen) atoms. The number of anilines is 1. The largest absolute Gasteiger partial charge is 0.361 e. The van der Waals surface area contributed by atoms with E-state index < -0.39 is 11.8 Å². The summed E-state index contributed by atoms with van der Waals surface area (Å²) in [5.74, 6) is -1.76. The van der Waals surface area contributed by atoms with Gasteiger partial charge < -0.3 is 20.5 Å². The first kappa shape index (κ1) is 15.1. The number of fused-ring (bicyclic) bond motifs is 1. The summed E-state index contributed by atoms with van der Waals surface area (Å²) in [7, 11) is 0. The standard InChI is InChI=1S/C16H18N4O3/c21-14(20-7-1-2-8-20)10-18-15(22)16(23)19-12-4-3-11-5-6-17-13(11)9-12/h3-6,9,17H,1-2,7-8,10H2,(H,18,22)(H,19,23). The number of benzene rings is 1. The van der Waals surface area contributed by atoms with Gasteiger partial charge in [-0.3, -0.25) is 14.4 Å². The molecular formula is C16H18N4O3. The van der Waals surface area contributed by atoms with Crippen molar-refractivity contribution in [3.8, 4) is 0 Å². The molecule has 120 valence electrons. The molecule has 0 atom stereocenters. The van der Waals surface area contributed by atoms with Gasteiger partial charge >= 0.3 is 11.8 Å². The fourth-order valence-electron chi connectivity index (χ4n) is 2.63. The van der Waals surface area contributed by atoms with Gasteiger partial charge in [0.2, 0.25) is 5.91 Å². The Morgan fingerprint density at radius 1 is 1.09 bits per heavy atom. The average Bonchev–Trinajstić information content (AvgIpc) is 3.22. The fourth-order valence-corrected chi connectivity index (χ4v) is 2.63. The molecule has 1 aliphatic rings. The van der Waals surface area contributed by atoms with Gasteiger partial charge in [0.1, 0.15) is 0 Å². The molecule has 0 radical (unpaired) electrons. The second-order valence-electron chi connectivity index (χ2n) is 5.50. The number of amides is 3. The molecular weight excluding hydrogens is 296 g/mol. The molecule has 1 aliphatic heterocycles. The molecule has 0 unspecified atom stereocenters. The number of nitrogens with one attached hydrogen (secondary N) is 3. The van der Waals surface area contributed by atoms with Crippen molar-refractivity contribution in [3.63, 3.8) is 0 Å². The van der Waals surface area contributed by atoms with Crippen molar-refractivity contribution in [2.75, 3.05) is 25.0 Å². The minimum atomic E-state index is -0.816. The van der Waals surface area contributed by atoms with E-state index in [1.54, 1.807) is 23.2 Å². The van der Waals surface area contributed by atoms with Crippen LogP contribution in [0.3, 0.4) is 0 Å². The number of carbonyl (C=O) groups is 3. The quantitative estimate of drug-likeness (QED) is 0.733. The van der Waals surface area contributed by atoms with Crippen LogP contribution >= 0.6 is 0 Å². The van der Waals surface area contributed by atoms with Gasteiger partial charge in [-0.25, -0.2) is 0 Å². The van der Waals surface area contributed by atoms with Crippen LogP contribution in [-0.2, 0) is 14.4 Å². The molecule has 7 nitrogen and oxygen atoms in total. The lowest BCUT2D eigenvalue weighted by Crippen LogP contribution is -2.42. The minimum Gasteiger partial charge on any atom is -0.361 e. The molecule has 7 heteroatoms. The molecule has 0 spiro atoms. The van der Waals surface area contributed by atoms with Crippen LogP contribution in [0.15, 0.2) is 30.5 Å². The van der Waals surface area contributed by atoms with Gasteiger partial charge in [-0.15, -0.1) is 0 Å². The molecule has 1 aromatic carbocycles. The predicted molar refractivity (Wildman–Crippen MR) is 85.8 cm³/mol. The number of aromatic amines is 1. The van der Waals surface area contributed by atoms with Gasteiger partial charge in [-0.1, -0.05) is 6.07 Å². The molecule has 1 saturated heterocycles. The van der Waals surface area contributed by atoms with Crippen molar-refractivity contribution < 1.29 is 14.4 Å². The van der Waals surface area contributed by atoms with E-state index in [-0.39, 0.29) is 12.5 Å². The second-order valence-corrected chi connectivity index (χ2v) is 5.50. The highest BCUT2D eigenvalue weighted by Gasteiger charge is 2.20. The van der Waals surface area contributed by atoms with Gasteiger partial charge in [0.15, 0.2) is 0 Å². The number of hydrogen-bond donors (Lipinski definition) is 3. The van der Waals surface area contributed by atoms with E-state index >= 15 is 0 Å². The van der Waals surface area contributed by atoms with Crippen molar-refractivity contribution in [2.45, 2.75) is 12.8 Å². The minimum absolute atomic E-state index is 0.151. The maximum Gasteiger partial charge on any atom is 0.313 e. The van der Waals surface area contributed by atoms with Crippen LogP contribution in [0.4, 0.5) is 5.69 Å². The Morgan fingerprint density at radius 3 is 2.65 bits per heavy atom. The topological polar surface area (TPSA) is 94.3 Å². The second kappa shape index (κ2) is 6.51. The Labute approximate surface area is 133 Å². The van der Waals surface area contributed by atoms with E-state index in [1.165, 1.54) is 0 Å². The summed E-state index contributed by atoms with van der Waals surface area (Å²) in [6.07, 6.45) is 3.77. The van der Waals surface area contributed by atoms with Crippen LogP contribution in [0.25, 0.3) is 10.9 Å². The Balaban J connectivity index is 1.52. The van der Waals surface area contributed by atoms with Crippen molar-refractivity contribution in [1.82, 2.24) is 15.2 Å². The van der Waals surface area contributed by atoms with Crippen LogP contribution in [0.1, 0.15) is 12.8 Å². The van der Waals surface area contributed by atoms with E-state index in [4.69, 9.17) is 0 Å². The third-order valence-corrected chi connectivity index (χ3v) is 3.88. The van der Waals surface area contributed by atoms with E-state index in [0.29, 0.717) is 5.69 Å². The molecule has 0 aliphatic carbocycles. The lowest BCUT2D eigenvalue weighted by molar-refractivity contribution is -0.138. The Kier molecular flexibility index (Phi) is 4.27. The van der Waals surface area contributed by atoms with E-state index in [9.17, 15) is 14.4 Å². The molecule has 3 N–H and O–H groups in total. The van der Waals surface area contributed by atoms with Gasteiger partial charge in [0.05, 0.1) is 6.54 Å². The first-order valence-electron chi connectivity index (χ1n) is 7.57. The van der Waals surface area contributed by atoms with Gasteiger partial charge in [-0.05, 0) is 36.4 Å². The summed E-state index contributed by atoms with van der Waals surface area (Å²) in [6.45, 7) is 1.29. The van der Waals surface area contributed by atoms with Crippen LogP contribution < -0.4 is 10.6 Å². The SMILES string of the molecule is O=C(NCC(=O)N1CCCC1)C(=O)Nc1ccc2cc[nH]c2c1. The van der Waals surface area contributed by atoms with E-state index in [0.717, 1.165) is 36.8 Å². The summed E-state index contributed by atoms with van der Waals surface area (Å²) in [5.41, 5.74) is 1.39. The molecule has 3 rings (SSSR count).